The quantitative estimate of drug-likeness (QED) is 0.748. The first-order valence-corrected chi connectivity index (χ1v) is 7.65. The standard InChI is InChI=1S/C14H10BrClN2OS/c1-7-8(2)20-14(11(7)5-17)18-6-9-3-10(15)4-12(16)13(9)19/h3-4,6,19H,1-2H3. The number of aliphatic imine (C=N–C) groups is 1. The van der Waals surface area contributed by atoms with E-state index >= 15 is 0 Å². The molecule has 3 nitrogen and oxygen atoms in total. The first-order chi connectivity index (χ1) is 9.43. The minimum Gasteiger partial charge on any atom is -0.506 e. The minimum atomic E-state index is -0.0258. The molecule has 0 fully saturated rings. The van der Waals surface area contributed by atoms with Crippen LogP contribution in [0, 0.1) is 25.2 Å². The lowest BCUT2D eigenvalue weighted by Crippen LogP contribution is -1.84. The Kier molecular flexibility index (Phi) is 4.48. The number of nitriles is 1. The maximum Gasteiger partial charge on any atom is 0.143 e. The van der Waals surface area contributed by atoms with E-state index in [0.717, 1.165) is 14.9 Å². The van der Waals surface area contributed by atoms with Crippen LogP contribution in [0.15, 0.2) is 21.6 Å². The summed E-state index contributed by atoms with van der Waals surface area (Å²) >= 11 is 10.7. The topological polar surface area (TPSA) is 56.4 Å². The molecule has 1 heterocycles. The zero-order valence-corrected chi connectivity index (χ0v) is 13.9. The molecule has 2 aromatic rings. The summed E-state index contributed by atoms with van der Waals surface area (Å²) in [5.74, 6) is -0.0258. The lowest BCUT2D eigenvalue weighted by Gasteiger charge is -2.02. The summed E-state index contributed by atoms with van der Waals surface area (Å²) in [6.07, 6.45) is 1.51. The van der Waals surface area contributed by atoms with E-state index in [0.29, 0.717) is 16.1 Å². The third-order valence-corrected chi connectivity index (χ3v) is 4.72. The number of phenolic OH excluding ortho intramolecular Hbond substituents is 1. The van der Waals surface area contributed by atoms with Gasteiger partial charge in [-0.3, -0.25) is 0 Å². The van der Waals surface area contributed by atoms with Crippen molar-refractivity contribution < 1.29 is 5.11 Å². The van der Waals surface area contributed by atoms with Crippen LogP contribution in [0.1, 0.15) is 21.6 Å². The second-order valence-electron chi connectivity index (χ2n) is 4.16. The third-order valence-electron chi connectivity index (χ3n) is 2.86. The fourth-order valence-corrected chi connectivity index (χ4v) is 3.43. The highest BCUT2D eigenvalue weighted by Crippen LogP contribution is 2.35. The highest BCUT2D eigenvalue weighted by molar-refractivity contribution is 9.10. The van der Waals surface area contributed by atoms with Gasteiger partial charge in [0.15, 0.2) is 0 Å². The molecule has 1 N–H and O–H groups in total. The maximum atomic E-state index is 9.88. The van der Waals surface area contributed by atoms with Gasteiger partial charge in [0.1, 0.15) is 16.8 Å². The Labute approximate surface area is 134 Å². The Balaban J connectivity index is 2.45. The van der Waals surface area contributed by atoms with E-state index < -0.39 is 0 Å². The fraction of sp³-hybridized carbons (Fsp3) is 0.143. The van der Waals surface area contributed by atoms with Crippen molar-refractivity contribution in [3.63, 3.8) is 0 Å². The molecule has 0 unspecified atom stereocenters. The molecule has 0 radical (unpaired) electrons. The summed E-state index contributed by atoms with van der Waals surface area (Å²) in [6, 6.07) is 5.48. The van der Waals surface area contributed by atoms with Gasteiger partial charge in [0.25, 0.3) is 0 Å². The number of benzene rings is 1. The molecule has 0 bridgehead atoms. The molecular formula is C14H10BrClN2OS. The molecule has 0 saturated heterocycles. The summed E-state index contributed by atoms with van der Waals surface area (Å²) in [7, 11) is 0. The average Bonchev–Trinajstić information content (AvgIpc) is 2.67. The van der Waals surface area contributed by atoms with Gasteiger partial charge in [-0.2, -0.15) is 5.26 Å². The Morgan fingerprint density at radius 2 is 2.15 bits per heavy atom. The van der Waals surface area contributed by atoms with Gasteiger partial charge in [0.2, 0.25) is 0 Å². The van der Waals surface area contributed by atoms with Crippen molar-refractivity contribution >= 4 is 50.1 Å². The number of phenols is 1. The van der Waals surface area contributed by atoms with Crippen molar-refractivity contribution in [1.82, 2.24) is 0 Å². The Morgan fingerprint density at radius 3 is 2.80 bits per heavy atom. The van der Waals surface area contributed by atoms with E-state index in [9.17, 15) is 5.11 Å². The van der Waals surface area contributed by atoms with Gasteiger partial charge in [-0.1, -0.05) is 27.5 Å². The second kappa shape index (κ2) is 5.96. The molecule has 0 aliphatic rings. The number of aromatic hydroxyl groups is 1. The van der Waals surface area contributed by atoms with Crippen LogP contribution in [0.2, 0.25) is 5.02 Å². The molecule has 1 aromatic carbocycles. The summed E-state index contributed by atoms with van der Waals surface area (Å²) in [5.41, 5.74) is 2.02. The normalized spacial score (nSPS) is 10.9. The zero-order valence-electron chi connectivity index (χ0n) is 10.7. The van der Waals surface area contributed by atoms with E-state index in [-0.39, 0.29) is 10.8 Å². The van der Waals surface area contributed by atoms with Crippen molar-refractivity contribution in [2.75, 3.05) is 0 Å². The van der Waals surface area contributed by atoms with Gasteiger partial charge in [0.05, 0.1) is 10.6 Å². The van der Waals surface area contributed by atoms with E-state index in [4.69, 9.17) is 16.9 Å². The fourth-order valence-electron chi connectivity index (χ4n) is 1.64. The molecular weight excluding hydrogens is 360 g/mol. The molecule has 0 atom stereocenters. The van der Waals surface area contributed by atoms with Crippen LogP contribution in [-0.4, -0.2) is 11.3 Å². The summed E-state index contributed by atoms with van der Waals surface area (Å²) in [6.45, 7) is 3.85. The van der Waals surface area contributed by atoms with E-state index in [1.165, 1.54) is 17.6 Å². The van der Waals surface area contributed by atoms with Gasteiger partial charge >= 0.3 is 0 Å². The first kappa shape index (κ1) is 15.0. The summed E-state index contributed by atoms with van der Waals surface area (Å²) in [4.78, 5) is 5.36. The number of thiophene rings is 1. The lowest BCUT2D eigenvalue weighted by molar-refractivity contribution is 0.474. The number of aryl methyl sites for hydroxylation is 1. The molecule has 0 aliphatic heterocycles. The van der Waals surface area contributed by atoms with E-state index in [1.54, 1.807) is 12.1 Å². The van der Waals surface area contributed by atoms with E-state index in [2.05, 4.69) is 27.0 Å². The third kappa shape index (κ3) is 2.88. The molecule has 0 spiro atoms. The highest BCUT2D eigenvalue weighted by atomic mass is 79.9. The predicted molar refractivity (Wildman–Crippen MR) is 86.6 cm³/mol. The van der Waals surface area contributed by atoms with Crippen LogP contribution >= 0.6 is 38.9 Å². The van der Waals surface area contributed by atoms with Crippen LogP contribution in [0.5, 0.6) is 5.75 Å². The largest absolute Gasteiger partial charge is 0.506 e. The van der Waals surface area contributed by atoms with Crippen LogP contribution in [0.4, 0.5) is 5.00 Å². The predicted octanol–water partition coefficient (Wildman–Crippen LogP) is 5.11. The minimum absolute atomic E-state index is 0.0258. The molecule has 102 valence electrons. The monoisotopic (exact) mass is 368 g/mol. The maximum absolute atomic E-state index is 9.88. The number of halogens is 2. The number of hydrogen-bond donors (Lipinski definition) is 1. The summed E-state index contributed by atoms with van der Waals surface area (Å²) in [5, 5.41) is 19.9. The Morgan fingerprint density at radius 1 is 1.45 bits per heavy atom. The van der Waals surface area contributed by atoms with Crippen molar-refractivity contribution in [2.45, 2.75) is 13.8 Å². The van der Waals surface area contributed by atoms with Crippen molar-refractivity contribution in [3.05, 3.63) is 43.2 Å². The van der Waals surface area contributed by atoms with Gasteiger partial charge in [-0.15, -0.1) is 11.3 Å². The molecule has 6 heteroatoms. The van der Waals surface area contributed by atoms with Crippen molar-refractivity contribution in [1.29, 1.82) is 5.26 Å². The smallest absolute Gasteiger partial charge is 0.143 e. The van der Waals surface area contributed by atoms with Gasteiger partial charge < -0.3 is 5.11 Å². The van der Waals surface area contributed by atoms with Crippen molar-refractivity contribution in [3.8, 4) is 11.8 Å². The lowest BCUT2D eigenvalue weighted by atomic mass is 10.2. The zero-order chi connectivity index (χ0) is 14.9. The first-order valence-electron chi connectivity index (χ1n) is 5.66. The second-order valence-corrected chi connectivity index (χ2v) is 6.68. The van der Waals surface area contributed by atoms with E-state index in [1.807, 2.05) is 13.8 Å². The Hall–Kier alpha value is -1.35. The van der Waals surface area contributed by atoms with Crippen molar-refractivity contribution in [2.24, 2.45) is 4.99 Å². The van der Waals surface area contributed by atoms with Crippen LogP contribution in [-0.2, 0) is 0 Å². The van der Waals surface area contributed by atoms with Gasteiger partial charge in [-0.25, -0.2) is 4.99 Å². The number of nitrogens with zero attached hydrogens (tertiary/aromatic N) is 2. The summed E-state index contributed by atoms with van der Waals surface area (Å²) < 4.78 is 0.751. The SMILES string of the molecule is Cc1sc(N=Cc2cc(Br)cc(Cl)c2O)c(C#N)c1C. The molecule has 1 aromatic heterocycles. The molecule has 0 aliphatic carbocycles. The van der Waals surface area contributed by atoms with Crippen LogP contribution < -0.4 is 0 Å². The number of hydrogen-bond acceptors (Lipinski definition) is 4. The average molecular weight is 370 g/mol. The molecule has 20 heavy (non-hydrogen) atoms. The molecule has 0 amide bonds. The number of rotatable bonds is 2. The molecule has 0 saturated carbocycles. The van der Waals surface area contributed by atoms with Crippen LogP contribution in [0.3, 0.4) is 0 Å². The van der Waals surface area contributed by atoms with Gasteiger partial charge in [-0.05, 0) is 31.5 Å². The Bertz CT molecular complexity index is 743. The highest BCUT2D eigenvalue weighted by Gasteiger charge is 2.11. The van der Waals surface area contributed by atoms with Gasteiger partial charge in [0, 0.05) is 21.1 Å². The van der Waals surface area contributed by atoms with Crippen LogP contribution in [0.25, 0.3) is 0 Å². The molecule has 2 rings (SSSR count).